The highest BCUT2D eigenvalue weighted by Crippen LogP contribution is 2.16. The smallest absolute Gasteiger partial charge is 0.323 e. The van der Waals surface area contributed by atoms with E-state index in [2.05, 4.69) is 0 Å². The third-order valence-electron chi connectivity index (χ3n) is 2.16. The first-order valence-electron chi connectivity index (χ1n) is 4.49. The van der Waals surface area contributed by atoms with Gasteiger partial charge in [0.1, 0.15) is 12.1 Å². The molecule has 1 aromatic carbocycles. The van der Waals surface area contributed by atoms with E-state index in [1.165, 1.54) is 24.3 Å². The van der Waals surface area contributed by atoms with Crippen LogP contribution in [0.25, 0.3) is 0 Å². The summed E-state index contributed by atoms with van der Waals surface area (Å²) in [5, 5.41) is 18.2. The predicted octanol–water partition coefficient (Wildman–Crippen LogP) is -0.769. The van der Waals surface area contributed by atoms with E-state index in [1.54, 1.807) is 0 Å². The summed E-state index contributed by atoms with van der Waals surface area (Å²) in [6, 6.07) is 4.21. The molecule has 86 valence electrons. The molecule has 16 heavy (non-hydrogen) atoms. The van der Waals surface area contributed by atoms with Crippen LogP contribution in [-0.4, -0.2) is 28.1 Å². The summed E-state index contributed by atoms with van der Waals surface area (Å²) in [6.07, 6.45) is -1.32. The SMILES string of the molecule is NC(=O)c1ccc([C@@H](O)[C@H](N)C(=O)O)cc1. The van der Waals surface area contributed by atoms with Crippen LogP contribution in [0.3, 0.4) is 0 Å². The van der Waals surface area contributed by atoms with E-state index in [9.17, 15) is 14.7 Å². The summed E-state index contributed by atoms with van der Waals surface area (Å²) in [7, 11) is 0. The van der Waals surface area contributed by atoms with Crippen molar-refractivity contribution >= 4 is 11.9 Å². The molecule has 0 aromatic heterocycles. The van der Waals surface area contributed by atoms with Crippen molar-refractivity contribution in [1.82, 2.24) is 0 Å². The molecular formula is C10H12N2O4. The quantitative estimate of drug-likeness (QED) is 0.534. The van der Waals surface area contributed by atoms with Crippen LogP contribution in [0.1, 0.15) is 22.0 Å². The number of carbonyl (C=O) groups excluding carboxylic acids is 1. The van der Waals surface area contributed by atoms with Crippen LogP contribution in [0.4, 0.5) is 0 Å². The van der Waals surface area contributed by atoms with E-state index in [0.717, 1.165) is 0 Å². The summed E-state index contributed by atoms with van der Waals surface area (Å²) in [5.41, 5.74) is 10.9. The van der Waals surface area contributed by atoms with Gasteiger partial charge in [0.05, 0.1) is 0 Å². The molecule has 6 nitrogen and oxygen atoms in total. The first-order chi connectivity index (χ1) is 7.43. The summed E-state index contributed by atoms with van der Waals surface area (Å²) in [6.45, 7) is 0. The summed E-state index contributed by atoms with van der Waals surface area (Å²) in [4.78, 5) is 21.3. The number of hydrogen-bond donors (Lipinski definition) is 4. The molecule has 0 aliphatic heterocycles. The lowest BCUT2D eigenvalue weighted by Gasteiger charge is -2.15. The zero-order valence-electron chi connectivity index (χ0n) is 8.33. The second kappa shape index (κ2) is 4.73. The van der Waals surface area contributed by atoms with Gasteiger partial charge in [0, 0.05) is 5.56 Å². The van der Waals surface area contributed by atoms with Crippen molar-refractivity contribution in [2.24, 2.45) is 11.5 Å². The van der Waals surface area contributed by atoms with Crippen molar-refractivity contribution in [2.75, 3.05) is 0 Å². The minimum Gasteiger partial charge on any atom is -0.480 e. The molecule has 0 spiro atoms. The number of primary amides is 1. The zero-order chi connectivity index (χ0) is 12.3. The number of rotatable bonds is 4. The maximum Gasteiger partial charge on any atom is 0.323 e. The van der Waals surface area contributed by atoms with Crippen LogP contribution in [-0.2, 0) is 4.79 Å². The van der Waals surface area contributed by atoms with Gasteiger partial charge in [0.15, 0.2) is 0 Å². The fourth-order valence-electron chi connectivity index (χ4n) is 1.19. The van der Waals surface area contributed by atoms with Crippen molar-refractivity contribution in [3.8, 4) is 0 Å². The maximum absolute atomic E-state index is 10.8. The van der Waals surface area contributed by atoms with Gasteiger partial charge in [-0.2, -0.15) is 0 Å². The highest BCUT2D eigenvalue weighted by molar-refractivity contribution is 5.92. The molecule has 0 saturated carbocycles. The van der Waals surface area contributed by atoms with E-state index in [0.29, 0.717) is 5.56 Å². The average Bonchev–Trinajstić information content (AvgIpc) is 2.27. The Morgan fingerprint density at radius 3 is 2.06 bits per heavy atom. The molecule has 0 bridgehead atoms. The molecule has 1 aromatic rings. The first-order valence-corrected chi connectivity index (χ1v) is 4.49. The molecule has 0 heterocycles. The molecular weight excluding hydrogens is 212 g/mol. The van der Waals surface area contributed by atoms with Crippen LogP contribution in [0.5, 0.6) is 0 Å². The lowest BCUT2D eigenvalue weighted by Crippen LogP contribution is -2.36. The number of carboxylic acid groups (broad SMARTS) is 1. The minimum absolute atomic E-state index is 0.278. The Hall–Kier alpha value is -1.92. The van der Waals surface area contributed by atoms with Gasteiger partial charge >= 0.3 is 5.97 Å². The summed E-state index contributed by atoms with van der Waals surface area (Å²) in [5.74, 6) is -1.89. The standard InChI is InChI=1S/C10H12N2O4/c11-7(10(15)16)8(13)5-1-3-6(4-2-5)9(12)14/h1-4,7-8,13H,11H2,(H2,12,14)(H,15,16)/t7-,8+/m0/s1. The Balaban J connectivity index is 2.89. The second-order valence-electron chi connectivity index (χ2n) is 3.30. The number of aliphatic hydroxyl groups is 1. The van der Waals surface area contributed by atoms with E-state index in [-0.39, 0.29) is 5.56 Å². The normalized spacial score (nSPS) is 14.1. The number of benzene rings is 1. The summed E-state index contributed by atoms with van der Waals surface area (Å²) < 4.78 is 0. The lowest BCUT2D eigenvalue weighted by molar-refractivity contribution is -0.141. The Morgan fingerprint density at radius 2 is 1.69 bits per heavy atom. The Kier molecular flexibility index (Phi) is 3.60. The van der Waals surface area contributed by atoms with Gasteiger partial charge < -0.3 is 21.7 Å². The lowest BCUT2D eigenvalue weighted by atomic mass is 10.0. The third-order valence-corrected chi connectivity index (χ3v) is 2.16. The fraction of sp³-hybridized carbons (Fsp3) is 0.200. The van der Waals surface area contributed by atoms with Crippen molar-refractivity contribution in [3.05, 3.63) is 35.4 Å². The van der Waals surface area contributed by atoms with Crippen LogP contribution < -0.4 is 11.5 Å². The average molecular weight is 224 g/mol. The number of hydrogen-bond acceptors (Lipinski definition) is 4. The predicted molar refractivity (Wildman–Crippen MR) is 55.5 cm³/mol. The molecule has 6 heteroatoms. The molecule has 0 fully saturated rings. The van der Waals surface area contributed by atoms with Crippen LogP contribution in [0.2, 0.25) is 0 Å². The van der Waals surface area contributed by atoms with Crippen LogP contribution in [0.15, 0.2) is 24.3 Å². The second-order valence-corrected chi connectivity index (χ2v) is 3.30. The van der Waals surface area contributed by atoms with Gasteiger partial charge in [0.2, 0.25) is 5.91 Å². The largest absolute Gasteiger partial charge is 0.480 e. The molecule has 0 aliphatic rings. The van der Waals surface area contributed by atoms with Crippen molar-refractivity contribution in [1.29, 1.82) is 0 Å². The number of carboxylic acids is 1. The zero-order valence-corrected chi connectivity index (χ0v) is 8.33. The Labute approximate surface area is 91.5 Å². The number of carbonyl (C=O) groups is 2. The van der Waals surface area contributed by atoms with Crippen molar-refractivity contribution in [2.45, 2.75) is 12.1 Å². The van der Waals surface area contributed by atoms with Crippen LogP contribution >= 0.6 is 0 Å². The van der Waals surface area contributed by atoms with E-state index >= 15 is 0 Å². The van der Waals surface area contributed by atoms with E-state index in [1.807, 2.05) is 0 Å². The number of aliphatic carboxylic acids is 1. The molecule has 0 aliphatic carbocycles. The topological polar surface area (TPSA) is 127 Å². The van der Waals surface area contributed by atoms with E-state index < -0.39 is 24.0 Å². The molecule has 2 atom stereocenters. The monoisotopic (exact) mass is 224 g/mol. The minimum atomic E-state index is -1.40. The van der Waals surface area contributed by atoms with Gasteiger partial charge in [-0.1, -0.05) is 12.1 Å². The van der Waals surface area contributed by atoms with Gasteiger partial charge in [0.25, 0.3) is 0 Å². The fourth-order valence-corrected chi connectivity index (χ4v) is 1.19. The molecule has 0 saturated heterocycles. The Bertz CT molecular complexity index is 402. The van der Waals surface area contributed by atoms with Crippen molar-refractivity contribution in [3.63, 3.8) is 0 Å². The highest BCUT2D eigenvalue weighted by atomic mass is 16.4. The van der Waals surface area contributed by atoms with Gasteiger partial charge in [-0.05, 0) is 17.7 Å². The number of amides is 1. The first kappa shape index (κ1) is 12.2. The third kappa shape index (κ3) is 2.56. The highest BCUT2D eigenvalue weighted by Gasteiger charge is 2.23. The number of aliphatic hydroxyl groups excluding tert-OH is 1. The van der Waals surface area contributed by atoms with Gasteiger partial charge in [-0.25, -0.2) is 0 Å². The van der Waals surface area contributed by atoms with Gasteiger partial charge in [-0.15, -0.1) is 0 Å². The molecule has 1 rings (SSSR count). The van der Waals surface area contributed by atoms with E-state index in [4.69, 9.17) is 16.6 Å². The Morgan fingerprint density at radius 1 is 1.19 bits per heavy atom. The van der Waals surface area contributed by atoms with Crippen LogP contribution in [0, 0.1) is 0 Å². The molecule has 0 unspecified atom stereocenters. The number of nitrogens with two attached hydrogens (primary N) is 2. The summed E-state index contributed by atoms with van der Waals surface area (Å²) >= 11 is 0. The molecule has 1 amide bonds. The van der Waals surface area contributed by atoms with Gasteiger partial charge in [-0.3, -0.25) is 9.59 Å². The maximum atomic E-state index is 10.8. The molecule has 6 N–H and O–H groups in total. The molecule has 0 radical (unpaired) electrons. The van der Waals surface area contributed by atoms with Crippen molar-refractivity contribution < 1.29 is 19.8 Å².